The predicted molar refractivity (Wildman–Crippen MR) is 96.4 cm³/mol. The maximum absolute atomic E-state index is 11.5. The van der Waals surface area contributed by atoms with Gasteiger partial charge in [-0.3, -0.25) is 9.78 Å². The molecule has 0 saturated carbocycles. The number of nitrogens with one attached hydrogen (secondary N) is 2. The number of nitrogens with zero attached hydrogens (tertiary/aromatic N) is 2. The van der Waals surface area contributed by atoms with Crippen molar-refractivity contribution < 1.29 is 9.57 Å². The second-order valence-corrected chi connectivity index (χ2v) is 5.89. The van der Waals surface area contributed by atoms with E-state index in [1.54, 1.807) is 18.5 Å². The summed E-state index contributed by atoms with van der Waals surface area (Å²) in [4.78, 5) is 24.2. The highest BCUT2D eigenvalue weighted by molar-refractivity contribution is 5.66. The number of hydrazine groups is 1. The number of pyridine rings is 2. The molecule has 0 aliphatic carbocycles. The average Bonchev–Trinajstić information content (AvgIpc) is 2.65. The highest BCUT2D eigenvalue weighted by atomic mass is 16.7. The lowest BCUT2D eigenvalue weighted by atomic mass is 10.1. The van der Waals surface area contributed by atoms with Crippen LogP contribution in [0.5, 0.6) is 11.5 Å². The summed E-state index contributed by atoms with van der Waals surface area (Å²) in [5.41, 5.74) is 5.43. The zero-order valence-corrected chi connectivity index (χ0v) is 14.0. The smallest absolute Gasteiger partial charge is 0.248 e. The second-order valence-electron chi connectivity index (χ2n) is 5.89. The number of aromatic amines is 1. The third-order valence-electron chi connectivity index (χ3n) is 4.03. The van der Waals surface area contributed by atoms with E-state index in [4.69, 9.17) is 9.57 Å². The van der Waals surface area contributed by atoms with Crippen LogP contribution in [0.15, 0.2) is 65.7 Å². The van der Waals surface area contributed by atoms with Gasteiger partial charge in [-0.25, -0.2) is 5.01 Å². The Hall–Kier alpha value is -3.16. The zero-order valence-electron chi connectivity index (χ0n) is 14.0. The van der Waals surface area contributed by atoms with Gasteiger partial charge in [0.05, 0.1) is 18.8 Å². The molecule has 4 rings (SSSR count). The van der Waals surface area contributed by atoms with Gasteiger partial charge in [-0.15, -0.1) is 0 Å². The van der Waals surface area contributed by atoms with Crippen LogP contribution in [0.2, 0.25) is 0 Å². The van der Waals surface area contributed by atoms with Gasteiger partial charge in [0, 0.05) is 18.5 Å². The lowest BCUT2D eigenvalue weighted by Crippen LogP contribution is -2.43. The molecule has 7 nitrogen and oxygen atoms in total. The first-order valence-electron chi connectivity index (χ1n) is 8.31. The van der Waals surface area contributed by atoms with Gasteiger partial charge in [0.25, 0.3) is 0 Å². The van der Waals surface area contributed by atoms with E-state index in [0.29, 0.717) is 31.2 Å². The summed E-state index contributed by atoms with van der Waals surface area (Å²) in [7, 11) is 0. The molecule has 1 aliphatic heterocycles. The van der Waals surface area contributed by atoms with Crippen LogP contribution in [0.25, 0.3) is 11.1 Å². The van der Waals surface area contributed by atoms with Gasteiger partial charge in [-0.2, -0.15) is 0 Å². The monoisotopic (exact) mass is 350 g/mol. The Morgan fingerprint density at radius 1 is 1.08 bits per heavy atom. The van der Waals surface area contributed by atoms with Crippen LogP contribution in [0.1, 0.15) is 5.69 Å². The number of fused-ring (bicyclic) bond motifs is 1. The third kappa shape index (κ3) is 3.74. The first kappa shape index (κ1) is 16.3. The molecule has 0 amide bonds. The average molecular weight is 350 g/mol. The van der Waals surface area contributed by atoms with Crippen LogP contribution in [0, 0.1) is 0 Å². The van der Waals surface area contributed by atoms with Crippen LogP contribution in [-0.4, -0.2) is 28.1 Å². The minimum Gasteiger partial charge on any atom is -0.488 e. The fourth-order valence-electron chi connectivity index (χ4n) is 2.73. The van der Waals surface area contributed by atoms with Gasteiger partial charge in [-0.1, -0.05) is 17.7 Å². The summed E-state index contributed by atoms with van der Waals surface area (Å²) in [6.07, 6.45) is 3.39. The van der Waals surface area contributed by atoms with Crippen LogP contribution in [0.4, 0.5) is 0 Å². The molecule has 26 heavy (non-hydrogen) atoms. The van der Waals surface area contributed by atoms with Crippen LogP contribution >= 0.6 is 0 Å². The molecule has 0 spiro atoms. The summed E-state index contributed by atoms with van der Waals surface area (Å²) in [6, 6.07) is 14.8. The number of aromatic nitrogens is 2. The molecule has 7 heteroatoms. The summed E-state index contributed by atoms with van der Waals surface area (Å²) >= 11 is 0. The summed E-state index contributed by atoms with van der Waals surface area (Å²) in [5, 5.41) is 1.89. The molecule has 0 unspecified atom stereocenters. The van der Waals surface area contributed by atoms with Crippen molar-refractivity contribution in [3.05, 3.63) is 77.0 Å². The Kier molecular flexibility index (Phi) is 4.63. The molecular weight excluding hydrogens is 332 g/mol. The van der Waals surface area contributed by atoms with Gasteiger partial charge in [0.2, 0.25) is 5.56 Å². The van der Waals surface area contributed by atoms with Crippen molar-refractivity contribution in [1.82, 2.24) is 20.6 Å². The molecule has 2 aromatic heterocycles. The molecule has 3 heterocycles. The van der Waals surface area contributed by atoms with Crippen molar-refractivity contribution in [3.63, 3.8) is 0 Å². The lowest BCUT2D eigenvalue weighted by molar-refractivity contribution is -0.0237. The molecule has 2 N–H and O–H groups in total. The van der Waals surface area contributed by atoms with Crippen molar-refractivity contribution in [1.29, 1.82) is 0 Å². The maximum atomic E-state index is 11.5. The number of hydrogen-bond acceptors (Lipinski definition) is 6. The fraction of sp³-hybridized carbons (Fsp3) is 0.158. The predicted octanol–water partition coefficient (Wildman–Crippen LogP) is 2.13. The minimum absolute atomic E-state index is 0.147. The Morgan fingerprint density at radius 2 is 2.00 bits per heavy atom. The first-order chi connectivity index (χ1) is 12.8. The third-order valence-corrected chi connectivity index (χ3v) is 4.03. The second kappa shape index (κ2) is 7.38. The van der Waals surface area contributed by atoms with E-state index in [1.165, 1.54) is 0 Å². The van der Waals surface area contributed by atoms with E-state index in [0.717, 1.165) is 16.8 Å². The largest absolute Gasteiger partial charge is 0.488 e. The number of H-pyrrole nitrogens is 1. The van der Waals surface area contributed by atoms with E-state index in [-0.39, 0.29) is 5.56 Å². The van der Waals surface area contributed by atoms with Gasteiger partial charge in [0.15, 0.2) is 11.5 Å². The normalized spacial score (nSPS) is 14.5. The van der Waals surface area contributed by atoms with Crippen molar-refractivity contribution in [3.8, 4) is 22.6 Å². The highest BCUT2D eigenvalue weighted by Crippen LogP contribution is 2.32. The van der Waals surface area contributed by atoms with E-state index in [1.807, 2.05) is 47.5 Å². The topological polar surface area (TPSA) is 79.5 Å². The number of rotatable bonds is 3. The first-order valence-corrected chi connectivity index (χ1v) is 8.31. The van der Waals surface area contributed by atoms with E-state index < -0.39 is 0 Å². The standard InChI is InChI=1S/C19H18N4O3/c24-19-12-15(6-8-21-19)14-4-5-17-18(11-14)26-22-23(9-10-25-17)13-16-3-1-2-7-20-16/h1-8,11-12,22H,9-10,13H2,(H,21,24). The van der Waals surface area contributed by atoms with Crippen molar-refractivity contribution in [2.24, 2.45) is 0 Å². The Morgan fingerprint density at radius 3 is 2.85 bits per heavy atom. The molecular formula is C19H18N4O3. The molecule has 0 radical (unpaired) electrons. The van der Waals surface area contributed by atoms with Crippen LogP contribution < -0.4 is 20.7 Å². The number of hydrogen-bond donors (Lipinski definition) is 2. The molecule has 1 aliphatic rings. The van der Waals surface area contributed by atoms with Crippen LogP contribution in [0.3, 0.4) is 0 Å². The summed E-state index contributed by atoms with van der Waals surface area (Å²) in [5.74, 6) is 1.22. The number of benzene rings is 1. The van der Waals surface area contributed by atoms with E-state index >= 15 is 0 Å². The molecule has 0 fully saturated rings. The van der Waals surface area contributed by atoms with Crippen molar-refractivity contribution in [2.45, 2.75) is 6.54 Å². The summed E-state index contributed by atoms with van der Waals surface area (Å²) in [6.45, 7) is 1.75. The van der Waals surface area contributed by atoms with Gasteiger partial charge in [0.1, 0.15) is 6.61 Å². The SMILES string of the molecule is O=c1cc(-c2ccc3c(c2)ONN(Cc2ccccn2)CCO3)cc[nH]1. The van der Waals surface area contributed by atoms with Crippen LogP contribution in [-0.2, 0) is 6.54 Å². The molecule has 0 saturated heterocycles. The summed E-state index contributed by atoms with van der Waals surface area (Å²) < 4.78 is 5.82. The van der Waals surface area contributed by atoms with Gasteiger partial charge >= 0.3 is 0 Å². The van der Waals surface area contributed by atoms with E-state index in [9.17, 15) is 4.79 Å². The Bertz CT molecular complexity index is 943. The Labute approximate surface area is 150 Å². The molecule has 1 aromatic carbocycles. The quantitative estimate of drug-likeness (QED) is 0.753. The molecule has 132 valence electrons. The van der Waals surface area contributed by atoms with Crippen molar-refractivity contribution >= 4 is 0 Å². The van der Waals surface area contributed by atoms with Gasteiger partial charge < -0.3 is 14.6 Å². The molecule has 0 atom stereocenters. The zero-order chi connectivity index (χ0) is 17.8. The highest BCUT2D eigenvalue weighted by Gasteiger charge is 2.15. The maximum Gasteiger partial charge on any atom is 0.248 e. The minimum atomic E-state index is -0.147. The lowest BCUT2D eigenvalue weighted by Gasteiger charge is -2.26. The van der Waals surface area contributed by atoms with E-state index in [2.05, 4.69) is 15.6 Å². The number of ether oxygens (including phenoxy) is 1. The Balaban J connectivity index is 1.53. The fourth-order valence-corrected chi connectivity index (χ4v) is 2.73. The molecule has 3 aromatic rings. The van der Waals surface area contributed by atoms with Crippen molar-refractivity contribution in [2.75, 3.05) is 13.2 Å². The van der Waals surface area contributed by atoms with Gasteiger partial charge in [-0.05, 0) is 41.5 Å². The molecule has 0 bridgehead atoms.